The number of rotatable bonds is 8. The second kappa shape index (κ2) is 8.86. The Bertz CT molecular complexity index is 823. The van der Waals surface area contributed by atoms with Gasteiger partial charge in [-0.1, -0.05) is 6.07 Å². The summed E-state index contributed by atoms with van der Waals surface area (Å²) in [6.07, 6.45) is 9.49. The molecule has 1 spiro atoms. The summed E-state index contributed by atoms with van der Waals surface area (Å²) in [5.41, 5.74) is 0.819. The Morgan fingerprint density at radius 2 is 2.10 bits per heavy atom. The van der Waals surface area contributed by atoms with E-state index < -0.39 is 0 Å². The number of carbonyl (C=O) groups is 1. The number of likely N-dealkylation sites (tertiary alicyclic amines) is 1. The zero-order valence-corrected chi connectivity index (χ0v) is 17.1. The molecular weight excluding hydrogens is 368 g/mol. The van der Waals surface area contributed by atoms with Gasteiger partial charge in [0.1, 0.15) is 12.1 Å². The Balaban J connectivity index is 1.45. The number of nitrogens with one attached hydrogen (secondary N) is 1. The zero-order valence-electron chi connectivity index (χ0n) is 17.1. The van der Waals surface area contributed by atoms with E-state index in [9.17, 15) is 4.79 Å². The number of amides is 1. The van der Waals surface area contributed by atoms with E-state index in [-0.39, 0.29) is 11.4 Å². The standard InChI is InChI=1S/C22H30N4O3/c1-2-28-20-15-18(5-6-19(20)29-14-13-25-12-10-23-17-25)16-26-11-4-8-22(26)7-3-9-24-21(22)27/h5-6,10,12,15,17H,2-4,7-9,11,13-14,16H2,1H3,(H,24,27). The molecule has 1 atom stereocenters. The number of imidazole rings is 1. The molecule has 2 fully saturated rings. The van der Waals surface area contributed by atoms with Crippen molar-refractivity contribution in [1.29, 1.82) is 0 Å². The smallest absolute Gasteiger partial charge is 0.240 e. The van der Waals surface area contributed by atoms with Crippen molar-refractivity contribution >= 4 is 5.91 Å². The largest absolute Gasteiger partial charge is 0.490 e. The molecule has 156 valence electrons. The van der Waals surface area contributed by atoms with Gasteiger partial charge in [0.25, 0.3) is 0 Å². The number of aromatic nitrogens is 2. The summed E-state index contributed by atoms with van der Waals surface area (Å²) in [5.74, 6) is 1.71. The monoisotopic (exact) mass is 398 g/mol. The van der Waals surface area contributed by atoms with Crippen molar-refractivity contribution < 1.29 is 14.3 Å². The van der Waals surface area contributed by atoms with Crippen molar-refractivity contribution in [3.8, 4) is 11.5 Å². The van der Waals surface area contributed by atoms with E-state index in [0.29, 0.717) is 13.2 Å². The average molecular weight is 399 g/mol. The minimum absolute atomic E-state index is 0.200. The molecule has 3 heterocycles. The first kappa shape index (κ1) is 19.8. The number of hydrogen-bond donors (Lipinski definition) is 1. The molecule has 29 heavy (non-hydrogen) atoms. The highest BCUT2D eigenvalue weighted by Crippen LogP contribution is 2.38. The number of hydrogen-bond acceptors (Lipinski definition) is 5. The van der Waals surface area contributed by atoms with Gasteiger partial charge in [-0.15, -0.1) is 0 Å². The zero-order chi connectivity index (χ0) is 20.1. The fourth-order valence-electron chi connectivity index (χ4n) is 4.50. The first-order valence-electron chi connectivity index (χ1n) is 10.6. The SMILES string of the molecule is CCOc1cc(CN2CCCC23CCCNC3=O)ccc1OCCn1ccnc1. The Hall–Kier alpha value is -2.54. The summed E-state index contributed by atoms with van der Waals surface area (Å²) in [7, 11) is 0. The van der Waals surface area contributed by atoms with E-state index in [2.05, 4.69) is 27.3 Å². The maximum atomic E-state index is 12.7. The topological polar surface area (TPSA) is 68.6 Å². The van der Waals surface area contributed by atoms with Crippen LogP contribution in [0.25, 0.3) is 0 Å². The third kappa shape index (κ3) is 4.24. The molecule has 0 radical (unpaired) electrons. The Morgan fingerprint density at radius 1 is 1.21 bits per heavy atom. The molecule has 0 aliphatic carbocycles. The summed E-state index contributed by atoms with van der Waals surface area (Å²) in [6, 6.07) is 6.13. The van der Waals surface area contributed by atoms with Gasteiger partial charge in [-0.2, -0.15) is 0 Å². The molecule has 2 aromatic rings. The van der Waals surface area contributed by atoms with Gasteiger partial charge in [0, 0.05) is 25.5 Å². The molecule has 1 aromatic carbocycles. The van der Waals surface area contributed by atoms with Crippen LogP contribution >= 0.6 is 0 Å². The molecular formula is C22H30N4O3. The number of carbonyl (C=O) groups excluding carboxylic acids is 1. The fourth-order valence-corrected chi connectivity index (χ4v) is 4.50. The number of piperidine rings is 1. The number of ether oxygens (including phenoxy) is 2. The fraction of sp³-hybridized carbons (Fsp3) is 0.545. The molecule has 7 heteroatoms. The molecule has 1 unspecified atom stereocenters. The van der Waals surface area contributed by atoms with Crippen LogP contribution in [0.4, 0.5) is 0 Å². The lowest BCUT2D eigenvalue weighted by Crippen LogP contribution is -2.58. The van der Waals surface area contributed by atoms with E-state index >= 15 is 0 Å². The van der Waals surface area contributed by atoms with Gasteiger partial charge in [-0.05, 0) is 56.8 Å². The third-order valence-electron chi connectivity index (χ3n) is 5.95. The third-order valence-corrected chi connectivity index (χ3v) is 5.95. The number of benzene rings is 1. The minimum atomic E-state index is -0.329. The Morgan fingerprint density at radius 3 is 2.90 bits per heavy atom. The summed E-state index contributed by atoms with van der Waals surface area (Å²) in [4.78, 5) is 19.1. The van der Waals surface area contributed by atoms with Gasteiger partial charge in [0.15, 0.2) is 11.5 Å². The molecule has 2 saturated heterocycles. The van der Waals surface area contributed by atoms with Crippen molar-refractivity contribution in [2.45, 2.75) is 51.2 Å². The van der Waals surface area contributed by atoms with Gasteiger partial charge in [-0.25, -0.2) is 4.98 Å². The van der Waals surface area contributed by atoms with Crippen molar-refractivity contribution in [3.63, 3.8) is 0 Å². The van der Waals surface area contributed by atoms with Crippen molar-refractivity contribution in [1.82, 2.24) is 19.8 Å². The predicted molar refractivity (Wildman–Crippen MR) is 110 cm³/mol. The highest BCUT2D eigenvalue weighted by molar-refractivity contribution is 5.87. The highest BCUT2D eigenvalue weighted by atomic mass is 16.5. The van der Waals surface area contributed by atoms with Crippen LogP contribution in [0.3, 0.4) is 0 Å². The molecule has 1 N–H and O–H groups in total. The van der Waals surface area contributed by atoms with E-state index in [1.54, 1.807) is 12.5 Å². The normalized spacial score (nSPS) is 22.0. The van der Waals surface area contributed by atoms with Crippen molar-refractivity contribution in [3.05, 3.63) is 42.5 Å². The second-order valence-electron chi connectivity index (χ2n) is 7.78. The van der Waals surface area contributed by atoms with Crippen LogP contribution < -0.4 is 14.8 Å². The van der Waals surface area contributed by atoms with E-state index in [4.69, 9.17) is 9.47 Å². The Labute approximate surface area is 172 Å². The van der Waals surface area contributed by atoms with E-state index in [1.165, 1.54) is 0 Å². The van der Waals surface area contributed by atoms with Crippen LogP contribution in [0.5, 0.6) is 11.5 Å². The second-order valence-corrected chi connectivity index (χ2v) is 7.78. The Kier molecular flexibility index (Phi) is 6.04. The molecule has 1 amide bonds. The van der Waals surface area contributed by atoms with Crippen molar-refractivity contribution in [2.24, 2.45) is 0 Å². The molecule has 2 aliphatic heterocycles. The molecule has 0 saturated carbocycles. The summed E-state index contributed by atoms with van der Waals surface area (Å²) >= 11 is 0. The lowest BCUT2D eigenvalue weighted by molar-refractivity contribution is -0.134. The van der Waals surface area contributed by atoms with Crippen LogP contribution in [0, 0.1) is 0 Å². The number of nitrogens with zero attached hydrogens (tertiary/aromatic N) is 3. The first-order valence-corrected chi connectivity index (χ1v) is 10.6. The average Bonchev–Trinajstić information content (AvgIpc) is 3.37. The molecule has 0 bridgehead atoms. The van der Waals surface area contributed by atoms with Gasteiger partial charge in [0.05, 0.1) is 19.5 Å². The van der Waals surface area contributed by atoms with Crippen LogP contribution in [-0.4, -0.2) is 52.2 Å². The predicted octanol–water partition coefficient (Wildman–Crippen LogP) is 2.61. The maximum Gasteiger partial charge on any atom is 0.240 e. The molecule has 4 rings (SSSR count). The van der Waals surface area contributed by atoms with Gasteiger partial charge in [0.2, 0.25) is 5.91 Å². The van der Waals surface area contributed by atoms with E-state index in [0.717, 1.165) is 68.9 Å². The minimum Gasteiger partial charge on any atom is -0.490 e. The van der Waals surface area contributed by atoms with E-state index in [1.807, 2.05) is 23.8 Å². The maximum absolute atomic E-state index is 12.7. The first-order chi connectivity index (χ1) is 14.2. The van der Waals surface area contributed by atoms with Gasteiger partial charge < -0.3 is 19.4 Å². The summed E-state index contributed by atoms with van der Waals surface area (Å²) in [6.45, 7) is 6.35. The lowest BCUT2D eigenvalue weighted by Gasteiger charge is -2.40. The quantitative estimate of drug-likeness (QED) is 0.740. The van der Waals surface area contributed by atoms with Crippen LogP contribution in [0.2, 0.25) is 0 Å². The van der Waals surface area contributed by atoms with Gasteiger partial charge in [-0.3, -0.25) is 9.69 Å². The summed E-state index contributed by atoms with van der Waals surface area (Å²) in [5, 5.41) is 3.07. The molecule has 2 aliphatic rings. The van der Waals surface area contributed by atoms with Crippen LogP contribution in [0.15, 0.2) is 36.9 Å². The molecule has 7 nitrogen and oxygen atoms in total. The van der Waals surface area contributed by atoms with Crippen molar-refractivity contribution in [2.75, 3.05) is 26.3 Å². The summed E-state index contributed by atoms with van der Waals surface area (Å²) < 4.78 is 13.8. The molecule has 1 aromatic heterocycles. The van der Waals surface area contributed by atoms with Crippen LogP contribution in [0.1, 0.15) is 38.2 Å². The highest BCUT2D eigenvalue weighted by Gasteiger charge is 2.48. The lowest BCUT2D eigenvalue weighted by atomic mass is 9.86. The van der Waals surface area contributed by atoms with Gasteiger partial charge >= 0.3 is 0 Å². The van der Waals surface area contributed by atoms with Crippen LogP contribution in [-0.2, 0) is 17.9 Å².